The van der Waals surface area contributed by atoms with Gasteiger partial charge in [0.05, 0.1) is 0 Å². The molecule has 4 unspecified atom stereocenters. The molecule has 0 aliphatic carbocycles. The largest absolute Gasteiger partial charge is 0.444 e. The first-order valence-electron chi connectivity index (χ1n) is 12.0. The third kappa shape index (κ3) is 8.74. The topological polar surface area (TPSA) is 87.7 Å². The highest BCUT2D eigenvalue weighted by molar-refractivity contribution is 5.93. The van der Waals surface area contributed by atoms with Gasteiger partial charge in [0.25, 0.3) is 5.91 Å². The SMILES string of the molecule is C#CN(C(=O)C(NC(=O)OC(C)(C)C)C(C)CC)C(C(=O)NC(C)CCC)c1ccc(C)cc1. The Morgan fingerprint density at radius 3 is 2.15 bits per heavy atom. The number of hydrogen-bond donors (Lipinski definition) is 2. The highest BCUT2D eigenvalue weighted by Gasteiger charge is 2.38. The molecule has 0 bridgehead atoms. The Hall–Kier alpha value is -3.01. The van der Waals surface area contributed by atoms with E-state index in [9.17, 15) is 14.4 Å². The van der Waals surface area contributed by atoms with Crippen molar-refractivity contribution in [1.82, 2.24) is 15.5 Å². The van der Waals surface area contributed by atoms with Crippen molar-refractivity contribution in [3.8, 4) is 12.5 Å². The molecule has 1 aromatic rings. The van der Waals surface area contributed by atoms with Gasteiger partial charge in [0, 0.05) is 12.1 Å². The maximum absolute atomic E-state index is 13.7. The van der Waals surface area contributed by atoms with Crippen LogP contribution in [0.3, 0.4) is 0 Å². The normalized spacial score (nSPS) is 14.7. The van der Waals surface area contributed by atoms with Gasteiger partial charge in [-0.3, -0.25) is 14.5 Å². The van der Waals surface area contributed by atoms with E-state index >= 15 is 0 Å². The predicted octanol–water partition coefficient (Wildman–Crippen LogP) is 4.70. The highest BCUT2D eigenvalue weighted by Crippen LogP contribution is 2.25. The number of alkyl carbamates (subject to hydrolysis) is 1. The summed E-state index contributed by atoms with van der Waals surface area (Å²) in [6.07, 6.45) is 7.42. The number of carbonyl (C=O) groups excluding carboxylic acids is 3. The quantitative estimate of drug-likeness (QED) is 0.382. The molecule has 0 aromatic heterocycles. The van der Waals surface area contributed by atoms with Crippen molar-refractivity contribution in [2.75, 3.05) is 0 Å². The summed E-state index contributed by atoms with van der Waals surface area (Å²) in [7, 11) is 0. The van der Waals surface area contributed by atoms with Crippen LogP contribution < -0.4 is 10.6 Å². The van der Waals surface area contributed by atoms with Crippen molar-refractivity contribution in [2.45, 2.75) is 98.4 Å². The number of terminal acetylenes is 1. The van der Waals surface area contributed by atoms with E-state index in [1.165, 1.54) is 0 Å². The number of rotatable bonds is 10. The number of amides is 3. The van der Waals surface area contributed by atoms with Gasteiger partial charge in [0.2, 0.25) is 5.91 Å². The molecule has 0 radical (unpaired) electrons. The predicted molar refractivity (Wildman–Crippen MR) is 135 cm³/mol. The van der Waals surface area contributed by atoms with Gasteiger partial charge in [-0.05, 0) is 52.5 Å². The van der Waals surface area contributed by atoms with Crippen LogP contribution in [0.25, 0.3) is 0 Å². The van der Waals surface area contributed by atoms with Crippen molar-refractivity contribution < 1.29 is 19.1 Å². The number of carbonyl (C=O) groups is 3. The van der Waals surface area contributed by atoms with Gasteiger partial charge in [-0.1, -0.05) is 69.9 Å². The van der Waals surface area contributed by atoms with Crippen molar-refractivity contribution in [1.29, 1.82) is 0 Å². The lowest BCUT2D eigenvalue weighted by Crippen LogP contribution is -2.54. The van der Waals surface area contributed by atoms with Crippen LogP contribution in [0.1, 0.15) is 84.9 Å². The third-order valence-electron chi connectivity index (χ3n) is 5.54. The monoisotopic (exact) mass is 471 g/mol. The minimum absolute atomic E-state index is 0.0783. The summed E-state index contributed by atoms with van der Waals surface area (Å²) < 4.78 is 5.36. The maximum Gasteiger partial charge on any atom is 0.408 e. The zero-order chi connectivity index (χ0) is 26.1. The van der Waals surface area contributed by atoms with Crippen molar-refractivity contribution in [3.63, 3.8) is 0 Å². The fraction of sp³-hybridized carbons (Fsp3) is 0.593. The summed E-state index contributed by atoms with van der Waals surface area (Å²) in [6, 6.07) is 7.67. The molecule has 1 rings (SSSR count). The molecular weight excluding hydrogens is 430 g/mol. The fourth-order valence-electron chi connectivity index (χ4n) is 3.53. The lowest BCUT2D eigenvalue weighted by Gasteiger charge is -2.33. The Kier molecular flexibility index (Phi) is 11.1. The van der Waals surface area contributed by atoms with E-state index < -0.39 is 29.7 Å². The molecular formula is C27H41N3O4. The summed E-state index contributed by atoms with van der Waals surface area (Å²) in [6.45, 7) is 14.9. The Balaban J connectivity index is 3.38. The number of benzene rings is 1. The van der Waals surface area contributed by atoms with E-state index in [4.69, 9.17) is 11.2 Å². The Morgan fingerprint density at radius 2 is 1.68 bits per heavy atom. The summed E-state index contributed by atoms with van der Waals surface area (Å²) in [4.78, 5) is 40.7. The lowest BCUT2D eigenvalue weighted by molar-refractivity contribution is -0.139. The molecule has 0 saturated carbocycles. The summed E-state index contributed by atoms with van der Waals surface area (Å²) in [5.41, 5.74) is 0.891. The molecule has 34 heavy (non-hydrogen) atoms. The molecule has 0 aliphatic rings. The minimum Gasteiger partial charge on any atom is -0.444 e. The van der Waals surface area contributed by atoms with E-state index in [1.54, 1.807) is 32.9 Å². The van der Waals surface area contributed by atoms with Gasteiger partial charge < -0.3 is 15.4 Å². The number of hydrogen-bond acceptors (Lipinski definition) is 4. The van der Waals surface area contributed by atoms with Crippen molar-refractivity contribution in [2.24, 2.45) is 5.92 Å². The van der Waals surface area contributed by atoms with Crippen molar-refractivity contribution >= 4 is 17.9 Å². The average molecular weight is 472 g/mol. The van der Waals surface area contributed by atoms with E-state index in [-0.39, 0.29) is 17.9 Å². The van der Waals surface area contributed by atoms with Crippen LogP contribution in [0, 0.1) is 25.3 Å². The zero-order valence-corrected chi connectivity index (χ0v) is 21.9. The molecule has 0 aliphatic heterocycles. The Labute approximate surface area is 205 Å². The number of aryl methyl sites for hydroxylation is 1. The standard InChI is InChI=1S/C27H41N3O4/c1-10-13-20(6)28-24(31)23(21-16-14-18(4)15-17-21)30(12-3)25(32)22(19(5)11-2)29-26(33)34-27(7,8)9/h3,14-17,19-20,22-23H,10-11,13H2,1-2,4-9H3,(H,28,31)(H,29,33). The van der Waals surface area contributed by atoms with Gasteiger partial charge >= 0.3 is 6.09 Å². The van der Waals surface area contributed by atoms with Gasteiger partial charge in [-0.25, -0.2) is 4.79 Å². The molecule has 0 saturated heterocycles. The molecule has 0 fully saturated rings. The van der Waals surface area contributed by atoms with Crippen LogP contribution in [-0.2, 0) is 14.3 Å². The molecule has 1 aromatic carbocycles. The molecule has 2 N–H and O–H groups in total. The lowest BCUT2D eigenvalue weighted by atomic mass is 9.95. The third-order valence-corrected chi connectivity index (χ3v) is 5.54. The fourth-order valence-corrected chi connectivity index (χ4v) is 3.53. The second-order valence-electron chi connectivity index (χ2n) is 9.86. The van der Waals surface area contributed by atoms with Crippen LogP contribution in [-0.4, -0.2) is 40.5 Å². The van der Waals surface area contributed by atoms with Crippen LogP contribution in [0.2, 0.25) is 0 Å². The first kappa shape index (κ1) is 29.0. The molecule has 7 nitrogen and oxygen atoms in total. The van der Waals surface area contributed by atoms with Crippen LogP contribution in [0.5, 0.6) is 0 Å². The summed E-state index contributed by atoms with van der Waals surface area (Å²) in [5, 5.41) is 5.65. The van der Waals surface area contributed by atoms with Gasteiger partial charge in [0.15, 0.2) is 0 Å². The second-order valence-corrected chi connectivity index (χ2v) is 9.86. The molecule has 188 valence electrons. The number of ether oxygens (including phenoxy) is 1. The van der Waals surface area contributed by atoms with Crippen LogP contribution in [0.4, 0.5) is 4.79 Å². The van der Waals surface area contributed by atoms with E-state index in [2.05, 4.69) is 16.7 Å². The first-order valence-corrected chi connectivity index (χ1v) is 12.0. The Bertz CT molecular complexity index is 867. The highest BCUT2D eigenvalue weighted by atomic mass is 16.6. The van der Waals surface area contributed by atoms with E-state index in [1.807, 2.05) is 46.8 Å². The maximum atomic E-state index is 13.7. The van der Waals surface area contributed by atoms with Crippen LogP contribution >= 0.6 is 0 Å². The number of nitrogens with zero attached hydrogens (tertiary/aromatic N) is 1. The number of nitrogens with one attached hydrogen (secondary N) is 2. The van der Waals surface area contributed by atoms with E-state index in [0.29, 0.717) is 12.0 Å². The van der Waals surface area contributed by atoms with E-state index in [0.717, 1.165) is 23.3 Å². The first-order chi connectivity index (χ1) is 15.8. The molecule has 7 heteroatoms. The minimum atomic E-state index is -1.04. The zero-order valence-electron chi connectivity index (χ0n) is 21.9. The van der Waals surface area contributed by atoms with Crippen LogP contribution in [0.15, 0.2) is 24.3 Å². The Morgan fingerprint density at radius 1 is 1.09 bits per heavy atom. The average Bonchev–Trinajstić information content (AvgIpc) is 2.74. The molecule has 4 atom stereocenters. The van der Waals surface area contributed by atoms with Crippen molar-refractivity contribution in [3.05, 3.63) is 35.4 Å². The molecule has 3 amide bonds. The molecule has 0 heterocycles. The van der Waals surface area contributed by atoms with Gasteiger partial charge in [0.1, 0.15) is 17.7 Å². The summed E-state index contributed by atoms with van der Waals surface area (Å²) >= 11 is 0. The van der Waals surface area contributed by atoms with Gasteiger partial charge in [-0.15, -0.1) is 0 Å². The smallest absolute Gasteiger partial charge is 0.408 e. The summed E-state index contributed by atoms with van der Waals surface area (Å²) in [5.74, 6) is -1.14. The van der Waals surface area contributed by atoms with Gasteiger partial charge in [-0.2, -0.15) is 0 Å². The molecule has 0 spiro atoms. The second kappa shape index (κ2) is 13.0.